The second kappa shape index (κ2) is 6.35. The van der Waals surface area contributed by atoms with Crippen molar-refractivity contribution in [2.75, 3.05) is 31.5 Å². The Kier molecular flexibility index (Phi) is 3.89. The molecule has 2 N–H and O–H groups in total. The summed E-state index contributed by atoms with van der Waals surface area (Å²) in [5.41, 5.74) is 1.74. The lowest BCUT2D eigenvalue weighted by molar-refractivity contribution is 0.0640. The van der Waals surface area contributed by atoms with Gasteiger partial charge >= 0.3 is 6.03 Å². The minimum Gasteiger partial charge on any atom is -0.459 e. The van der Waals surface area contributed by atoms with Crippen molar-refractivity contribution in [2.24, 2.45) is 0 Å². The number of fused-ring (bicyclic) bond motifs is 1. The van der Waals surface area contributed by atoms with Gasteiger partial charge in [0.15, 0.2) is 5.76 Å². The number of nitrogens with one attached hydrogen (secondary N) is 2. The van der Waals surface area contributed by atoms with Gasteiger partial charge < -0.3 is 24.5 Å². The summed E-state index contributed by atoms with van der Waals surface area (Å²) >= 11 is 0. The highest BCUT2D eigenvalue weighted by molar-refractivity contribution is 6.01. The lowest BCUT2D eigenvalue weighted by Crippen LogP contribution is -2.51. The number of hydrogen-bond donors (Lipinski definition) is 2. The molecule has 7 heteroatoms. The number of nitrogens with zero attached hydrogens (tertiary/aromatic N) is 2. The van der Waals surface area contributed by atoms with Gasteiger partial charge in [-0.2, -0.15) is 0 Å². The van der Waals surface area contributed by atoms with Crippen molar-refractivity contribution in [2.45, 2.75) is 0 Å². The van der Waals surface area contributed by atoms with Crippen LogP contribution in [0, 0.1) is 0 Å². The molecule has 0 unspecified atom stereocenters. The SMILES string of the molecule is O=C(Nc1c[nH]c2ccccc12)N1CCN(C(=O)c2ccco2)CC1. The molecule has 1 saturated heterocycles. The second-order valence-corrected chi connectivity index (χ2v) is 5.93. The number of benzene rings is 1. The Morgan fingerprint density at radius 1 is 1.00 bits per heavy atom. The van der Waals surface area contributed by atoms with Crippen LogP contribution in [0.1, 0.15) is 10.6 Å². The number of aromatic nitrogens is 1. The van der Waals surface area contributed by atoms with Gasteiger partial charge in [-0.3, -0.25) is 4.79 Å². The summed E-state index contributed by atoms with van der Waals surface area (Å²) < 4.78 is 5.15. The monoisotopic (exact) mass is 338 g/mol. The van der Waals surface area contributed by atoms with Gasteiger partial charge in [-0.25, -0.2) is 4.79 Å². The highest BCUT2D eigenvalue weighted by Gasteiger charge is 2.26. The third kappa shape index (κ3) is 2.96. The third-order valence-corrected chi connectivity index (χ3v) is 4.42. The van der Waals surface area contributed by atoms with E-state index in [-0.39, 0.29) is 11.9 Å². The Morgan fingerprint density at radius 3 is 2.52 bits per heavy atom. The van der Waals surface area contributed by atoms with Crippen LogP contribution < -0.4 is 5.32 Å². The summed E-state index contributed by atoms with van der Waals surface area (Å²) in [6.07, 6.45) is 3.28. The predicted molar refractivity (Wildman–Crippen MR) is 93.5 cm³/mol. The first-order valence-electron chi connectivity index (χ1n) is 8.17. The Balaban J connectivity index is 1.37. The third-order valence-electron chi connectivity index (χ3n) is 4.42. The number of piperazine rings is 1. The van der Waals surface area contributed by atoms with Crippen LogP contribution in [0.2, 0.25) is 0 Å². The maximum absolute atomic E-state index is 12.5. The molecule has 1 aromatic carbocycles. The first kappa shape index (κ1) is 15.3. The van der Waals surface area contributed by atoms with Crippen molar-refractivity contribution < 1.29 is 14.0 Å². The first-order valence-corrected chi connectivity index (χ1v) is 8.17. The van der Waals surface area contributed by atoms with E-state index < -0.39 is 0 Å². The molecular formula is C18H18N4O3. The van der Waals surface area contributed by atoms with Gasteiger partial charge in [0.1, 0.15) is 0 Å². The Morgan fingerprint density at radius 2 is 1.76 bits per heavy atom. The molecule has 25 heavy (non-hydrogen) atoms. The van der Waals surface area contributed by atoms with E-state index >= 15 is 0 Å². The van der Waals surface area contributed by atoms with Crippen molar-refractivity contribution in [3.05, 3.63) is 54.6 Å². The zero-order valence-electron chi connectivity index (χ0n) is 13.6. The molecule has 0 atom stereocenters. The molecule has 2 aromatic heterocycles. The van der Waals surface area contributed by atoms with Crippen LogP contribution >= 0.6 is 0 Å². The van der Waals surface area contributed by atoms with E-state index in [4.69, 9.17) is 4.42 Å². The maximum atomic E-state index is 12.5. The van der Waals surface area contributed by atoms with E-state index in [2.05, 4.69) is 10.3 Å². The lowest BCUT2D eigenvalue weighted by Gasteiger charge is -2.34. The molecule has 3 amide bonds. The Labute approximate surface area is 144 Å². The largest absolute Gasteiger partial charge is 0.459 e. The fourth-order valence-corrected chi connectivity index (χ4v) is 3.04. The molecule has 1 aliphatic rings. The van der Waals surface area contributed by atoms with Crippen molar-refractivity contribution in [1.29, 1.82) is 0 Å². The van der Waals surface area contributed by atoms with E-state index in [0.717, 1.165) is 16.6 Å². The molecule has 128 valence electrons. The second-order valence-electron chi connectivity index (χ2n) is 5.93. The van der Waals surface area contributed by atoms with E-state index in [9.17, 15) is 9.59 Å². The minimum absolute atomic E-state index is 0.137. The van der Waals surface area contributed by atoms with Crippen LogP contribution in [-0.4, -0.2) is 52.9 Å². The van der Waals surface area contributed by atoms with Crippen LogP contribution in [0.25, 0.3) is 10.9 Å². The Hall–Kier alpha value is -3.22. The Bertz CT molecular complexity index is 892. The van der Waals surface area contributed by atoms with Crippen molar-refractivity contribution >= 4 is 28.5 Å². The molecular weight excluding hydrogens is 320 g/mol. The van der Waals surface area contributed by atoms with E-state index in [0.29, 0.717) is 31.9 Å². The number of furan rings is 1. The van der Waals surface area contributed by atoms with Gasteiger partial charge in [0.05, 0.1) is 12.0 Å². The smallest absolute Gasteiger partial charge is 0.322 e. The average molecular weight is 338 g/mol. The van der Waals surface area contributed by atoms with E-state index in [1.54, 1.807) is 28.1 Å². The quantitative estimate of drug-likeness (QED) is 0.754. The number of H-pyrrole nitrogens is 1. The number of urea groups is 1. The summed E-state index contributed by atoms with van der Waals surface area (Å²) in [6.45, 7) is 1.95. The zero-order valence-corrected chi connectivity index (χ0v) is 13.6. The average Bonchev–Trinajstić information content (AvgIpc) is 3.32. The predicted octanol–water partition coefficient (Wildman–Crippen LogP) is 2.75. The molecule has 3 aromatic rings. The summed E-state index contributed by atoms with van der Waals surface area (Å²) in [5, 5.41) is 3.91. The first-order chi connectivity index (χ1) is 12.2. The highest BCUT2D eigenvalue weighted by atomic mass is 16.3. The molecule has 1 aliphatic heterocycles. The van der Waals surface area contributed by atoms with Gasteiger partial charge in [-0.15, -0.1) is 0 Å². The standard InChI is InChI=1S/C18H18N4O3/c23-17(16-6-3-11-25-16)21-7-9-22(10-8-21)18(24)20-15-12-19-14-5-2-1-4-13(14)15/h1-6,11-12,19H,7-10H2,(H,20,24). The number of carbonyl (C=O) groups excluding carboxylic acids is 2. The summed E-state index contributed by atoms with van der Waals surface area (Å²) in [7, 11) is 0. The fraction of sp³-hybridized carbons (Fsp3) is 0.222. The summed E-state index contributed by atoms with van der Waals surface area (Å²) in [5.74, 6) is 0.193. The molecule has 0 saturated carbocycles. The van der Waals surface area contributed by atoms with Gasteiger partial charge in [-0.1, -0.05) is 18.2 Å². The lowest BCUT2D eigenvalue weighted by atomic mass is 10.2. The van der Waals surface area contributed by atoms with Crippen LogP contribution in [0.4, 0.5) is 10.5 Å². The van der Waals surface area contributed by atoms with Crippen molar-refractivity contribution in [3.8, 4) is 0 Å². The number of amides is 3. The normalized spacial score (nSPS) is 14.7. The van der Waals surface area contributed by atoms with Gasteiger partial charge in [-0.05, 0) is 18.2 Å². The number of carbonyl (C=O) groups is 2. The number of para-hydroxylation sites is 1. The summed E-state index contributed by atoms with van der Waals surface area (Å²) in [4.78, 5) is 31.3. The number of anilines is 1. The van der Waals surface area contributed by atoms with Crippen LogP contribution in [0.3, 0.4) is 0 Å². The topological polar surface area (TPSA) is 81.6 Å². The molecule has 0 aliphatic carbocycles. The zero-order chi connectivity index (χ0) is 17.2. The highest BCUT2D eigenvalue weighted by Crippen LogP contribution is 2.23. The number of aromatic amines is 1. The molecule has 3 heterocycles. The number of rotatable bonds is 2. The van der Waals surface area contributed by atoms with Gasteiger partial charge in [0.2, 0.25) is 0 Å². The molecule has 0 bridgehead atoms. The maximum Gasteiger partial charge on any atom is 0.322 e. The number of hydrogen-bond acceptors (Lipinski definition) is 3. The van der Waals surface area contributed by atoms with E-state index in [1.807, 2.05) is 24.3 Å². The molecule has 4 rings (SSSR count). The molecule has 1 fully saturated rings. The van der Waals surface area contributed by atoms with Crippen molar-refractivity contribution in [3.63, 3.8) is 0 Å². The molecule has 0 spiro atoms. The van der Waals surface area contributed by atoms with Crippen LogP contribution in [0.15, 0.2) is 53.3 Å². The molecule has 0 radical (unpaired) electrons. The fourth-order valence-electron chi connectivity index (χ4n) is 3.04. The molecule has 7 nitrogen and oxygen atoms in total. The van der Waals surface area contributed by atoms with Gasteiger partial charge in [0.25, 0.3) is 5.91 Å². The van der Waals surface area contributed by atoms with Crippen LogP contribution in [0.5, 0.6) is 0 Å². The minimum atomic E-state index is -0.158. The van der Waals surface area contributed by atoms with Gasteiger partial charge in [0, 0.05) is 43.3 Å². The van der Waals surface area contributed by atoms with Crippen LogP contribution in [-0.2, 0) is 0 Å². The van der Waals surface area contributed by atoms with Crippen molar-refractivity contribution in [1.82, 2.24) is 14.8 Å². The summed E-state index contributed by atoms with van der Waals surface area (Å²) in [6, 6.07) is 11.0. The van der Waals surface area contributed by atoms with E-state index in [1.165, 1.54) is 6.26 Å².